The van der Waals surface area contributed by atoms with Crippen molar-refractivity contribution in [1.82, 2.24) is 0 Å². The predicted octanol–water partition coefficient (Wildman–Crippen LogP) is 6.72. The van der Waals surface area contributed by atoms with Gasteiger partial charge in [-0.3, -0.25) is 0 Å². The average Bonchev–Trinajstić information content (AvgIpc) is 2.27. The molecule has 0 aliphatic heterocycles. The van der Waals surface area contributed by atoms with Gasteiger partial charge in [-0.2, -0.15) is 0 Å². The van der Waals surface area contributed by atoms with Crippen LogP contribution in [0.15, 0.2) is 23.5 Å². The summed E-state index contributed by atoms with van der Waals surface area (Å²) in [5.74, 6) is 0. The molecule has 0 aromatic heterocycles. The Balaban J connectivity index is 5.41. The van der Waals surface area contributed by atoms with Gasteiger partial charge < -0.3 is 0 Å². The van der Waals surface area contributed by atoms with Crippen LogP contribution >= 0.6 is 7.92 Å². The third-order valence-corrected chi connectivity index (χ3v) is 6.65. The Hall–Kier alpha value is -0.0900. The monoisotopic (exact) mass is 268 g/mol. The van der Waals surface area contributed by atoms with Crippen LogP contribution in [0.1, 0.15) is 73.6 Å². The second-order valence-corrected chi connectivity index (χ2v) is 9.06. The lowest BCUT2D eigenvalue weighted by molar-refractivity contribution is 0.839. The summed E-state index contributed by atoms with van der Waals surface area (Å²) < 4.78 is 0. The van der Waals surface area contributed by atoms with E-state index < -0.39 is 0 Å². The first-order valence-electron chi connectivity index (χ1n) is 7.59. The number of allylic oxidation sites excluding steroid dienone is 3. The van der Waals surface area contributed by atoms with Crippen molar-refractivity contribution < 1.29 is 0 Å². The molecule has 0 aliphatic rings. The van der Waals surface area contributed by atoms with Crippen LogP contribution in [0.4, 0.5) is 0 Å². The van der Waals surface area contributed by atoms with Crippen molar-refractivity contribution in [2.45, 2.75) is 85.0 Å². The van der Waals surface area contributed by atoms with Crippen LogP contribution in [-0.2, 0) is 0 Å². The Morgan fingerprint density at radius 2 is 1.50 bits per heavy atom. The SMILES string of the molecule is C=CCC(CCC)=C(CCC)P(C(C)C)C(C)C. The van der Waals surface area contributed by atoms with Gasteiger partial charge in [0, 0.05) is 0 Å². The normalized spacial score (nSPS) is 13.4. The molecule has 0 unspecified atom stereocenters. The Kier molecular flexibility index (Phi) is 9.74. The van der Waals surface area contributed by atoms with Gasteiger partial charge in [0.2, 0.25) is 0 Å². The summed E-state index contributed by atoms with van der Waals surface area (Å²) in [7, 11) is 0.0214. The lowest BCUT2D eigenvalue weighted by Crippen LogP contribution is -2.07. The maximum atomic E-state index is 3.95. The van der Waals surface area contributed by atoms with Gasteiger partial charge in [-0.1, -0.05) is 74.0 Å². The highest BCUT2D eigenvalue weighted by atomic mass is 31.1. The molecule has 0 N–H and O–H groups in total. The largest absolute Gasteiger partial charge is 0.103 e. The third-order valence-electron chi connectivity index (χ3n) is 3.26. The molecule has 0 saturated heterocycles. The fourth-order valence-corrected chi connectivity index (χ4v) is 6.27. The molecule has 0 amide bonds. The molecule has 0 spiro atoms. The number of rotatable bonds is 9. The lowest BCUT2D eigenvalue weighted by Gasteiger charge is -2.31. The second kappa shape index (κ2) is 9.79. The zero-order valence-corrected chi connectivity index (χ0v) is 14.3. The van der Waals surface area contributed by atoms with Gasteiger partial charge in [0.1, 0.15) is 0 Å². The van der Waals surface area contributed by atoms with Crippen molar-refractivity contribution in [1.29, 1.82) is 0 Å². The maximum absolute atomic E-state index is 3.95. The van der Waals surface area contributed by atoms with Gasteiger partial charge in [-0.25, -0.2) is 0 Å². The molecule has 0 aromatic rings. The van der Waals surface area contributed by atoms with Crippen LogP contribution in [0, 0.1) is 0 Å². The molecule has 0 rings (SSSR count). The molecule has 0 nitrogen and oxygen atoms in total. The van der Waals surface area contributed by atoms with Gasteiger partial charge in [-0.15, -0.1) is 6.58 Å². The van der Waals surface area contributed by atoms with Crippen molar-refractivity contribution in [2.24, 2.45) is 0 Å². The van der Waals surface area contributed by atoms with Crippen LogP contribution < -0.4 is 0 Å². The molecule has 1 heteroatoms. The van der Waals surface area contributed by atoms with E-state index in [-0.39, 0.29) is 7.92 Å². The van der Waals surface area contributed by atoms with Crippen LogP contribution in [0.5, 0.6) is 0 Å². The highest BCUT2D eigenvalue weighted by molar-refractivity contribution is 7.63. The summed E-state index contributed by atoms with van der Waals surface area (Å²) in [6, 6.07) is 0. The first kappa shape index (κ1) is 17.9. The summed E-state index contributed by atoms with van der Waals surface area (Å²) in [4.78, 5) is 0. The Bertz CT molecular complexity index is 253. The standard InChI is InChI=1S/C17H33P/c1-8-11-16(12-9-2)17(13-10-3)18(14(4)5)15(6)7/h8,14-15H,1,9-13H2,2-7H3. The van der Waals surface area contributed by atoms with Crippen molar-refractivity contribution in [3.05, 3.63) is 23.5 Å². The fourth-order valence-electron chi connectivity index (χ4n) is 2.79. The minimum Gasteiger partial charge on any atom is -0.103 e. The van der Waals surface area contributed by atoms with Crippen molar-refractivity contribution in [3.63, 3.8) is 0 Å². The number of hydrogen-bond acceptors (Lipinski definition) is 0. The topological polar surface area (TPSA) is 0 Å². The van der Waals surface area contributed by atoms with Crippen LogP contribution in [0.25, 0.3) is 0 Å². The van der Waals surface area contributed by atoms with E-state index in [4.69, 9.17) is 0 Å². The minimum atomic E-state index is 0.0214. The molecule has 0 heterocycles. The predicted molar refractivity (Wildman–Crippen MR) is 88.8 cm³/mol. The average molecular weight is 268 g/mol. The first-order valence-corrected chi connectivity index (χ1v) is 9.07. The Labute approximate surface area is 117 Å². The van der Waals surface area contributed by atoms with Crippen molar-refractivity contribution >= 4 is 7.92 Å². The second-order valence-electron chi connectivity index (χ2n) is 5.64. The summed E-state index contributed by atoms with van der Waals surface area (Å²) in [5.41, 5.74) is 3.30. The number of hydrogen-bond donors (Lipinski definition) is 0. The molecule has 0 bridgehead atoms. The van der Waals surface area contributed by atoms with Crippen molar-refractivity contribution in [3.8, 4) is 0 Å². The fraction of sp³-hybridized carbons (Fsp3) is 0.765. The van der Waals surface area contributed by atoms with Crippen LogP contribution in [0.2, 0.25) is 0 Å². The van der Waals surface area contributed by atoms with E-state index in [9.17, 15) is 0 Å². The minimum absolute atomic E-state index is 0.0214. The van der Waals surface area contributed by atoms with Crippen molar-refractivity contribution in [2.75, 3.05) is 0 Å². The van der Waals surface area contributed by atoms with E-state index in [1.807, 2.05) is 0 Å². The summed E-state index contributed by atoms with van der Waals surface area (Å²) in [5, 5.41) is 1.80. The first-order chi connectivity index (χ1) is 8.49. The highest BCUT2D eigenvalue weighted by Gasteiger charge is 2.22. The van der Waals surface area contributed by atoms with Gasteiger partial charge in [0.15, 0.2) is 0 Å². The van der Waals surface area contributed by atoms with Gasteiger partial charge in [0.05, 0.1) is 0 Å². The van der Waals surface area contributed by atoms with E-state index in [2.05, 4.69) is 54.2 Å². The van der Waals surface area contributed by atoms with Crippen LogP contribution in [0.3, 0.4) is 0 Å². The van der Waals surface area contributed by atoms with Gasteiger partial charge in [-0.05, 0) is 35.9 Å². The molecular weight excluding hydrogens is 235 g/mol. The van der Waals surface area contributed by atoms with E-state index >= 15 is 0 Å². The molecule has 0 atom stereocenters. The molecule has 0 saturated carbocycles. The van der Waals surface area contributed by atoms with E-state index in [0.29, 0.717) is 0 Å². The van der Waals surface area contributed by atoms with Gasteiger partial charge in [0.25, 0.3) is 0 Å². The molecule has 106 valence electrons. The lowest BCUT2D eigenvalue weighted by atomic mass is 10.1. The van der Waals surface area contributed by atoms with E-state index in [1.54, 1.807) is 10.9 Å². The van der Waals surface area contributed by atoms with E-state index in [1.165, 1.54) is 25.7 Å². The summed E-state index contributed by atoms with van der Waals surface area (Å²) in [6.45, 7) is 18.2. The third kappa shape index (κ3) is 5.70. The van der Waals surface area contributed by atoms with Gasteiger partial charge >= 0.3 is 0 Å². The van der Waals surface area contributed by atoms with E-state index in [0.717, 1.165) is 17.7 Å². The molecule has 0 radical (unpaired) electrons. The summed E-state index contributed by atoms with van der Waals surface area (Å²) in [6.07, 6.45) is 8.29. The smallest absolute Gasteiger partial charge is 0.0135 e. The quantitative estimate of drug-likeness (QED) is 0.322. The Morgan fingerprint density at radius 1 is 1.00 bits per heavy atom. The van der Waals surface area contributed by atoms with Crippen LogP contribution in [-0.4, -0.2) is 11.3 Å². The molecule has 0 fully saturated rings. The maximum Gasteiger partial charge on any atom is -0.0135 e. The summed E-state index contributed by atoms with van der Waals surface area (Å²) >= 11 is 0. The zero-order valence-electron chi connectivity index (χ0n) is 13.4. The molecule has 0 aromatic carbocycles. The molecule has 0 aliphatic carbocycles. The Morgan fingerprint density at radius 3 is 1.83 bits per heavy atom. The molecule has 18 heavy (non-hydrogen) atoms. The zero-order chi connectivity index (χ0) is 14.1. The molecular formula is C17H33P. The highest BCUT2D eigenvalue weighted by Crippen LogP contribution is 2.56.